The van der Waals surface area contributed by atoms with E-state index in [0.29, 0.717) is 28.2 Å². The summed E-state index contributed by atoms with van der Waals surface area (Å²) in [5.41, 5.74) is 1.18. The highest BCUT2D eigenvalue weighted by Crippen LogP contribution is 2.36. The fraction of sp³-hybridized carbons (Fsp3) is 0.368. The molecule has 1 aliphatic rings. The average Bonchev–Trinajstić information content (AvgIpc) is 3.40. The van der Waals surface area contributed by atoms with E-state index in [1.165, 1.54) is 0 Å². The van der Waals surface area contributed by atoms with Crippen molar-refractivity contribution in [2.24, 2.45) is 0 Å². The van der Waals surface area contributed by atoms with E-state index in [1.54, 1.807) is 20.0 Å². The highest BCUT2D eigenvalue weighted by molar-refractivity contribution is 5.81. The van der Waals surface area contributed by atoms with Crippen LogP contribution in [-0.2, 0) is 11.3 Å². The number of hydrogen-bond acceptors (Lipinski definition) is 4. The Balaban J connectivity index is 1.54. The molecule has 0 spiro atoms. The first kappa shape index (κ1) is 18.3. The van der Waals surface area contributed by atoms with Gasteiger partial charge in [0.1, 0.15) is 18.2 Å². The van der Waals surface area contributed by atoms with E-state index in [1.807, 2.05) is 4.68 Å². The molecule has 1 fully saturated rings. The number of hydrogen-bond donors (Lipinski definition) is 1. The molecule has 2 aromatic heterocycles. The zero-order valence-electron chi connectivity index (χ0n) is 15.4. The minimum absolute atomic E-state index is 0.295. The number of benzene rings is 1. The third-order valence-corrected chi connectivity index (χ3v) is 4.84. The Hall–Kier alpha value is -3.10. The monoisotopic (exact) mass is 387 g/mol. The number of amides is 1. The molecule has 1 saturated carbocycles. The number of aryl methyl sites for hydroxylation is 1. The molecule has 0 bridgehead atoms. The number of aromatic nitrogens is 4. The van der Waals surface area contributed by atoms with Crippen molar-refractivity contribution in [3.63, 3.8) is 0 Å². The van der Waals surface area contributed by atoms with Gasteiger partial charge in [-0.2, -0.15) is 10.2 Å². The summed E-state index contributed by atoms with van der Waals surface area (Å²) in [4.78, 5) is 25.1. The van der Waals surface area contributed by atoms with Crippen molar-refractivity contribution in [3.05, 3.63) is 57.6 Å². The summed E-state index contributed by atoms with van der Waals surface area (Å²) in [6.07, 6.45) is 3.61. The summed E-state index contributed by atoms with van der Waals surface area (Å²) < 4.78 is 29.6. The molecule has 0 saturated heterocycles. The first-order valence-corrected chi connectivity index (χ1v) is 9.04. The van der Waals surface area contributed by atoms with Crippen molar-refractivity contribution in [1.29, 1.82) is 0 Å². The molecule has 7 nitrogen and oxygen atoms in total. The Labute approximate surface area is 159 Å². The summed E-state index contributed by atoms with van der Waals surface area (Å²) in [6, 6.07) is 2.75. The Morgan fingerprint density at radius 2 is 1.96 bits per heavy atom. The molecule has 146 valence electrons. The Bertz CT molecular complexity index is 1110. The molecule has 9 heteroatoms. The molecule has 1 amide bonds. The molecule has 3 aromatic rings. The first-order valence-electron chi connectivity index (χ1n) is 9.04. The number of halogens is 2. The van der Waals surface area contributed by atoms with Crippen LogP contribution in [0.2, 0.25) is 0 Å². The second-order valence-electron chi connectivity index (χ2n) is 7.12. The van der Waals surface area contributed by atoms with Crippen LogP contribution < -0.4 is 10.9 Å². The van der Waals surface area contributed by atoms with Gasteiger partial charge in [0.2, 0.25) is 5.91 Å². The lowest BCUT2D eigenvalue weighted by atomic mass is 10.1. The van der Waals surface area contributed by atoms with Gasteiger partial charge in [-0.25, -0.2) is 13.5 Å². The lowest BCUT2D eigenvalue weighted by Gasteiger charge is -2.15. The quantitative estimate of drug-likeness (QED) is 0.729. The molecule has 4 rings (SSSR count). The minimum atomic E-state index is -0.720. The lowest BCUT2D eigenvalue weighted by Crippen LogP contribution is -2.35. The fourth-order valence-electron chi connectivity index (χ4n) is 3.30. The van der Waals surface area contributed by atoms with Crippen LogP contribution in [0.1, 0.15) is 43.1 Å². The van der Waals surface area contributed by atoms with Gasteiger partial charge < -0.3 is 5.32 Å². The zero-order chi connectivity index (χ0) is 20.0. The van der Waals surface area contributed by atoms with Crippen LogP contribution in [0.4, 0.5) is 8.78 Å². The Kier molecular flexibility index (Phi) is 4.44. The van der Waals surface area contributed by atoms with E-state index >= 15 is 0 Å². The van der Waals surface area contributed by atoms with E-state index < -0.39 is 23.6 Å². The highest BCUT2D eigenvalue weighted by Gasteiger charge is 2.28. The smallest absolute Gasteiger partial charge is 0.278 e. The number of nitrogens with zero attached hydrogens (tertiary/aromatic N) is 4. The van der Waals surface area contributed by atoms with Crippen LogP contribution in [0.25, 0.3) is 10.9 Å². The van der Waals surface area contributed by atoms with Crippen LogP contribution in [0.5, 0.6) is 0 Å². The molecule has 1 N–H and O–H groups in total. The van der Waals surface area contributed by atoms with Crippen molar-refractivity contribution >= 4 is 16.8 Å². The van der Waals surface area contributed by atoms with Gasteiger partial charge in [-0.15, -0.1) is 0 Å². The van der Waals surface area contributed by atoms with Gasteiger partial charge in [0.15, 0.2) is 0 Å². The normalized spacial score (nSPS) is 15.0. The standard InChI is InChI=1S/C19H19F2N5O2/c1-10(12-5-13(20)7-14(21)6-12)23-17(27)9-25-19(28)18-11(2)24-26(15-3-4-15)16(18)8-22-25/h5-8,10,15H,3-4,9H2,1-2H3,(H,23,27). The van der Waals surface area contributed by atoms with E-state index in [9.17, 15) is 18.4 Å². The maximum Gasteiger partial charge on any atom is 0.278 e. The van der Waals surface area contributed by atoms with Crippen molar-refractivity contribution < 1.29 is 13.6 Å². The predicted octanol–water partition coefficient (Wildman–Crippen LogP) is 2.39. The zero-order valence-corrected chi connectivity index (χ0v) is 15.4. The second-order valence-corrected chi connectivity index (χ2v) is 7.12. The summed E-state index contributed by atoms with van der Waals surface area (Å²) in [7, 11) is 0. The molecule has 28 heavy (non-hydrogen) atoms. The molecule has 1 aliphatic carbocycles. The van der Waals surface area contributed by atoms with Crippen LogP contribution in [0.15, 0.2) is 29.2 Å². The Morgan fingerprint density at radius 3 is 2.61 bits per heavy atom. The highest BCUT2D eigenvalue weighted by atomic mass is 19.1. The van der Waals surface area contributed by atoms with Crippen LogP contribution >= 0.6 is 0 Å². The molecule has 1 atom stereocenters. The van der Waals surface area contributed by atoms with Gasteiger partial charge in [0.25, 0.3) is 5.56 Å². The van der Waals surface area contributed by atoms with Gasteiger partial charge in [-0.3, -0.25) is 14.3 Å². The SMILES string of the molecule is Cc1nn(C2CC2)c2cnn(CC(=O)NC(C)c3cc(F)cc(F)c3)c(=O)c12. The van der Waals surface area contributed by atoms with Crippen molar-refractivity contribution in [1.82, 2.24) is 24.9 Å². The predicted molar refractivity (Wildman–Crippen MR) is 97.7 cm³/mol. The van der Waals surface area contributed by atoms with Crippen LogP contribution in [0, 0.1) is 18.6 Å². The third kappa shape index (κ3) is 3.39. The number of nitrogens with one attached hydrogen (secondary N) is 1. The van der Waals surface area contributed by atoms with Crippen molar-refractivity contribution in [3.8, 4) is 0 Å². The molecular formula is C19H19F2N5O2. The summed E-state index contributed by atoms with van der Waals surface area (Å²) in [5.74, 6) is -1.93. The average molecular weight is 387 g/mol. The van der Waals surface area contributed by atoms with Crippen molar-refractivity contribution in [2.75, 3.05) is 0 Å². The lowest BCUT2D eigenvalue weighted by molar-refractivity contribution is -0.122. The molecule has 0 aliphatic heterocycles. The first-order chi connectivity index (χ1) is 13.3. The summed E-state index contributed by atoms with van der Waals surface area (Å²) in [5, 5.41) is 11.6. The van der Waals surface area contributed by atoms with Gasteiger partial charge in [-0.1, -0.05) is 0 Å². The van der Waals surface area contributed by atoms with Gasteiger partial charge in [-0.05, 0) is 44.4 Å². The molecular weight excluding hydrogens is 368 g/mol. The van der Waals surface area contributed by atoms with Crippen molar-refractivity contribution in [2.45, 2.75) is 45.3 Å². The molecule has 1 aromatic carbocycles. The van der Waals surface area contributed by atoms with Gasteiger partial charge in [0.05, 0.1) is 34.9 Å². The number of carbonyl (C=O) groups excluding carboxylic acids is 1. The van der Waals surface area contributed by atoms with E-state index in [0.717, 1.165) is 35.7 Å². The molecule has 2 heterocycles. The summed E-state index contributed by atoms with van der Waals surface area (Å²) in [6.45, 7) is 3.06. The van der Waals surface area contributed by atoms with E-state index in [-0.39, 0.29) is 12.1 Å². The fourth-order valence-corrected chi connectivity index (χ4v) is 3.30. The molecule has 1 unspecified atom stereocenters. The topological polar surface area (TPSA) is 81.8 Å². The van der Waals surface area contributed by atoms with Crippen LogP contribution in [0.3, 0.4) is 0 Å². The van der Waals surface area contributed by atoms with E-state index in [2.05, 4.69) is 15.5 Å². The summed E-state index contributed by atoms with van der Waals surface area (Å²) >= 11 is 0. The minimum Gasteiger partial charge on any atom is -0.348 e. The molecule has 0 radical (unpaired) electrons. The van der Waals surface area contributed by atoms with E-state index in [4.69, 9.17) is 0 Å². The third-order valence-electron chi connectivity index (χ3n) is 4.84. The maximum absolute atomic E-state index is 13.4. The number of carbonyl (C=O) groups is 1. The van der Waals surface area contributed by atoms with Gasteiger partial charge in [0, 0.05) is 6.07 Å². The Morgan fingerprint density at radius 1 is 1.29 bits per heavy atom. The number of fused-ring (bicyclic) bond motifs is 1. The second kappa shape index (κ2) is 6.81. The maximum atomic E-state index is 13.4. The van der Waals surface area contributed by atoms with Crippen LogP contribution in [-0.4, -0.2) is 25.5 Å². The number of rotatable bonds is 5. The largest absolute Gasteiger partial charge is 0.348 e. The van der Waals surface area contributed by atoms with Gasteiger partial charge >= 0.3 is 0 Å².